The first-order valence-corrected chi connectivity index (χ1v) is 5.80. The minimum atomic E-state index is -0.116. The number of hydrogen-bond donors (Lipinski definition) is 1. The highest BCUT2D eigenvalue weighted by molar-refractivity contribution is 5.72. The van der Waals surface area contributed by atoms with E-state index in [1.807, 2.05) is 12.1 Å². The van der Waals surface area contributed by atoms with Crippen LogP contribution in [0.2, 0.25) is 0 Å². The van der Waals surface area contributed by atoms with Crippen LogP contribution in [0.1, 0.15) is 32.3 Å². The lowest BCUT2D eigenvalue weighted by atomic mass is 9.89. The number of nitrogens with two attached hydrogens (primary N) is 1. The largest absolute Gasteiger partial charge is 0.487 e. The van der Waals surface area contributed by atoms with E-state index in [1.165, 1.54) is 11.1 Å². The summed E-state index contributed by atoms with van der Waals surface area (Å²) in [6, 6.07) is 8.22. The van der Waals surface area contributed by atoms with E-state index >= 15 is 0 Å². The Kier molecular flexibility index (Phi) is 3.01. The van der Waals surface area contributed by atoms with Crippen LogP contribution in [0, 0.1) is 0 Å². The highest BCUT2D eigenvalue weighted by atomic mass is 16.5. The third-order valence-electron chi connectivity index (χ3n) is 2.79. The molecule has 1 aromatic rings. The second kappa shape index (κ2) is 4.30. The van der Waals surface area contributed by atoms with E-state index in [9.17, 15) is 0 Å². The lowest BCUT2D eigenvalue weighted by Gasteiger charge is -2.34. The Morgan fingerprint density at radius 2 is 2.12 bits per heavy atom. The molecule has 0 unspecified atom stereocenters. The van der Waals surface area contributed by atoms with Gasteiger partial charge in [0.25, 0.3) is 0 Å². The number of para-hydroxylation sites is 1. The zero-order chi connectivity index (χ0) is 11.6. The Morgan fingerprint density at radius 1 is 1.38 bits per heavy atom. The first-order valence-electron chi connectivity index (χ1n) is 5.80. The van der Waals surface area contributed by atoms with Gasteiger partial charge in [-0.3, -0.25) is 0 Å². The summed E-state index contributed by atoms with van der Waals surface area (Å²) in [5, 5.41) is 0. The first-order chi connectivity index (χ1) is 7.62. The van der Waals surface area contributed by atoms with Crippen molar-refractivity contribution in [2.24, 2.45) is 5.73 Å². The number of ether oxygens (including phenoxy) is 1. The van der Waals surface area contributed by atoms with Crippen molar-refractivity contribution in [3.05, 3.63) is 35.9 Å². The minimum absolute atomic E-state index is 0.116. The van der Waals surface area contributed by atoms with Gasteiger partial charge in [0, 0.05) is 12.0 Å². The Hall–Kier alpha value is -1.28. The summed E-state index contributed by atoms with van der Waals surface area (Å²) >= 11 is 0. The fourth-order valence-corrected chi connectivity index (χ4v) is 2.15. The van der Waals surface area contributed by atoms with E-state index in [0.29, 0.717) is 6.54 Å². The molecule has 0 fully saturated rings. The molecule has 0 radical (unpaired) electrons. The zero-order valence-electron chi connectivity index (χ0n) is 9.99. The van der Waals surface area contributed by atoms with Gasteiger partial charge >= 0.3 is 0 Å². The van der Waals surface area contributed by atoms with Gasteiger partial charge in [-0.25, -0.2) is 0 Å². The Balaban J connectivity index is 2.39. The number of hydrogen-bond acceptors (Lipinski definition) is 2. The van der Waals surface area contributed by atoms with Gasteiger partial charge in [-0.15, -0.1) is 0 Å². The highest BCUT2D eigenvalue weighted by Crippen LogP contribution is 2.39. The van der Waals surface area contributed by atoms with E-state index in [0.717, 1.165) is 18.6 Å². The Morgan fingerprint density at radius 3 is 2.88 bits per heavy atom. The van der Waals surface area contributed by atoms with Crippen molar-refractivity contribution >= 4 is 5.57 Å². The van der Waals surface area contributed by atoms with E-state index in [4.69, 9.17) is 10.5 Å². The third-order valence-corrected chi connectivity index (χ3v) is 2.79. The lowest BCUT2D eigenvalue weighted by Crippen LogP contribution is -2.32. The van der Waals surface area contributed by atoms with Crippen molar-refractivity contribution in [2.45, 2.75) is 32.3 Å². The van der Waals surface area contributed by atoms with Crippen LogP contribution in [0.4, 0.5) is 0 Å². The average Bonchev–Trinajstić information content (AvgIpc) is 2.24. The molecule has 2 heteroatoms. The van der Waals surface area contributed by atoms with Crippen LogP contribution in [-0.2, 0) is 0 Å². The molecule has 1 aliphatic heterocycles. The highest BCUT2D eigenvalue weighted by Gasteiger charge is 2.29. The van der Waals surface area contributed by atoms with Crippen molar-refractivity contribution in [2.75, 3.05) is 6.54 Å². The monoisotopic (exact) mass is 217 g/mol. The van der Waals surface area contributed by atoms with Crippen molar-refractivity contribution in [1.29, 1.82) is 0 Å². The van der Waals surface area contributed by atoms with Gasteiger partial charge in [0.1, 0.15) is 11.4 Å². The summed E-state index contributed by atoms with van der Waals surface area (Å²) in [5.41, 5.74) is 8.02. The predicted molar refractivity (Wildman–Crippen MR) is 67.4 cm³/mol. The molecule has 2 rings (SSSR count). The van der Waals surface area contributed by atoms with Gasteiger partial charge in [0.2, 0.25) is 0 Å². The van der Waals surface area contributed by atoms with Crippen molar-refractivity contribution in [3.63, 3.8) is 0 Å². The van der Waals surface area contributed by atoms with Crippen LogP contribution in [0.3, 0.4) is 0 Å². The first kappa shape index (κ1) is 11.2. The normalized spacial score (nSPS) is 20.3. The van der Waals surface area contributed by atoms with Gasteiger partial charge < -0.3 is 10.5 Å². The van der Waals surface area contributed by atoms with E-state index in [1.54, 1.807) is 0 Å². The molecule has 0 saturated heterocycles. The van der Waals surface area contributed by atoms with E-state index in [2.05, 4.69) is 32.1 Å². The molecule has 0 amide bonds. The third kappa shape index (κ3) is 2.27. The summed E-state index contributed by atoms with van der Waals surface area (Å²) in [6.45, 7) is 4.95. The van der Waals surface area contributed by atoms with Crippen LogP contribution in [0.15, 0.2) is 30.3 Å². The zero-order valence-corrected chi connectivity index (χ0v) is 9.99. The van der Waals surface area contributed by atoms with Gasteiger partial charge in [-0.2, -0.15) is 0 Å². The van der Waals surface area contributed by atoms with E-state index < -0.39 is 0 Å². The molecular formula is C14H19NO. The minimum Gasteiger partial charge on any atom is -0.487 e. The molecule has 0 spiro atoms. The molecule has 0 atom stereocenters. The second-order valence-electron chi connectivity index (χ2n) is 4.84. The van der Waals surface area contributed by atoms with Gasteiger partial charge in [-0.05, 0) is 38.5 Å². The fraction of sp³-hybridized carbons (Fsp3) is 0.429. The summed E-state index contributed by atoms with van der Waals surface area (Å²) in [4.78, 5) is 0. The topological polar surface area (TPSA) is 35.2 Å². The molecule has 1 heterocycles. The fourth-order valence-electron chi connectivity index (χ4n) is 2.15. The summed E-state index contributed by atoms with van der Waals surface area (Å²) in [5.74, 6) is 0.988. The smallest absolute Gasteiger partial charge is 0.127 e. The summed E-state index contributed by atoms with van der Waals surface area (Å²) in [6.07, 6.45) is 4.12. The maximum Gasteiger partial charge on any atom is 0.127 e. The molecule has 0 aliphatic carbocycles. The second-order valence-corrected chi connectivity index (χ2v) is 4.84. The summed E-state index contributed by atoms with van der Waals surface area (Å²) in [7, 11) is 0. The van der Waals surface area contributed by atoms with Crippen molar-refractivity contribution in [1.82, 2.24) is 0 Å². The lowest BCUT2D eigenvalue weighted by molar-refractivity contribution is 0.107. The average molecular weight is 217 g/mol. The van der Waals surface area contributed by atoms with Crippen LogP contribution < -0.4 is 10.5 Å². The maximum absolute atomic E-state index is 5.96. The van der Waals surface area contributed by atoms with Gasteiger partial charge in [-0.1, -0.05) is 24.3 Å². The van der Waals surface area contributed by atoms with Crippen molar-refractivity contribution < 1.29 is 4.74 Å². The Labute approximate surface area is 97.1 Å². The van der Waals surface area contributed by atoms with Crippen LogP contribution in [0.25, 0.3) is 5.57 Å². The van der Waals surface area contributed by atoms with Crippen LogP contribution in [0.5, 0.6) is 5.75 Å². The van der Waals surface area contributed by atoms with E-state index in [-0.39, 0.29) is 5.60 Å². The number of fused-ring (bicyclic) bond motifs is 1. The quantitative estimate of drug-likeness (QED) is 0.826. The molecule has 0 saturated carbocycles. The molecular weight excluding hydrogens is 198 g/mol. The molecule has 1 aromatic carbocycles. The molecule has 0 bridgehead atoms. The van der Waals surface area contributed by atoms with Crippen molar-refractivity contribution in [3.8, 4) is 5.75 Å². The maximum atomic E-state index is 5.96. The van der Waals surface area contributed by atoms with Gasteiger partial charge in [0.05, 0.1) is 0 Å². The number of benzene rings is 1. The molecule has 0 aromatic heterocycles. The SMILES string of the molecule is CC1(C)C/C(=C/CCN)c2ccccc2O1. The molecule has 16 heavy (non-hydrogen) atoms. The molecule has 2 N–H and O–H groups in total. The molecule has 1 aliphatic rings. The molecule has 86 valence electrons. The standard InChI is InChI=1S/C14H19NO/c1-14(2)10-11(6-5-9-15)12-7-3-4-8-13(12)16-14/h3-4,6-8H,5,9-10,15H2,1-2H3/b11-6-. The van der Waals surface area contributed by atoms with Crippen LogP contribution in [-0.4, -0.2) is 12.1 Å². The predicted octanol–water partition coefficient (Wildman–Crippen LogP) is 2.98. The Bertz CT molecular complexity index is 407. The molecule has 2 nitrogen and oxygen atoms in total. The number of rotatable bonds is 2. The van der Waals surface area contributed by atoms with Gasteiger partial charge in [0.15, 0.2) is 0 Å². The van der Waals surface area contributed by atoms with Crippen LogP contribution >= 0.6 is 0 Å². The summed E-state index contributed by atoms with van der Waals surface area (Å²) < 4.78 is 5.96.